The lowest BCUT2D eigenvalue weighted by atomic mass is 9.94. The lowest BCUT2D eigenvalue weighted by Gasteiger charge is -2.23. The van der Waals surface area contributed by atoms with Gasteiger partial charge in [-0.25, -0.2) is 17.8 Å². The van der Waals surface area contributed by atoms with Gasteiger partial charge < -0.3 is 42.2 Å². The molecule has 0 saturated heterocycles. The van der Waals surface area contributed by atoms with Crippen LogP contribution in [0.3, 0.4) is 0 Å². The van der Waals surface area contributed by atoms with Gasteiger partial charge in [0.15, 0.2) is 0 Å². The Bertz CT molecular complexity index is 2330. The fourth-order valence-electron chi connectivity index (χ4n) is 7.07. The van der Waals surface area contributed by atoms with Crippen molar-refractivity contribution in [2.24, 2.45) is 10.7 Å². The molecule has 328 valence electrons. The van der Waals surface area contributed by atoms with Crippen LogP contribution in [-0.4, -0.2) is 107 Å². The molecule has 3 heterocycles. The second kappa shape index (κ2) is 19.2. The van der Waals surface area contributed by atoms with E-state index in [0.717, 1.165) is 5.56 Å². The van der Waals surface area contributed by atoms with Crippen molar-refractivity contribution in [3.8, 4) is 5.75 Å². The number of guanidine groups is 1. The van der Waals surface area contributed by atoms with Gasteiger partial charge in [0, 0.05) is 24.9 Å². The minimum Gasteiger partial charge on any atom is -0.487 e. The fourth-order valence-corrected chi connectivity index (χ4v) is 8.59. The smallest absolute Gasteiger partial charge is 0.305 e. The maximum Gasteiger partial charge on any atom is 0.305 e. The predicted molar refractivity (Wildman–Crippen MR) is 218 cm³/mol. The van der Waals surface area contributed by atoms with Gasteiger partial charge in [0.1, 0.15) is 41.7 Å². The Hall–Kier alpha value is -6.58. The Morgan fingerprint density at radius 1 is 0.934 bits per heavy atom. The molecular weight excluding hydrogens is 815 g/mol. The molecule has 2 bridgehead atoms. The number of hydrogen-bond acceptors (Lipinski definition) is 12. The van der Waals surface area contributed by atoms with Crippen LogP contribution in [-0.2, 0) is 64.7 Å². The van der Waals surface area contributed by atoms with E-state index in [0.29, 0.717) is 34.4 Å². The number of carboxylic acids is 1. The summed E-state index contributed by atoms with van der Waals surface area (Å²) in [6.45, 7) is 7.65. The number of sulfonamides is 1. The molecule has 0 spiro atoms. The highest BCUT2D eigenvalue weighted by atomic mass is 32.2. The average molecular weight is 866 g/mol. The van der Waals surface area contributed by atoms with Gasteiger partial charge in [-0.2, -0.15) is 0 Å². The van der Waals surface area contributed by atoms with Crippen molar-refractivity contribution in [2.45, 2.75) is 108 Å². The predicted octanol–water partition coefficient (Wildman–Crippen LogP) is -1.09. The number of carbonyl (C=O) groups is 6. The third-order valence-corrected chi connectivity index (χ3v) is 11.7. The van der Waals surface area contributed by atoms with Crippen molar-refractivity contribution in [3.05, 3.63) is 70.0 Å². The second-order valence-corrected chi connectivity index (χ2v) is 17.1. The zero-order valence-corrected chi connectivity index (χ0v) is 35.3. The number of nitrogens with one attached hydrogen (secondary N) is 6. The Balaban J connectivity index is 1.34. The molecule has 5 amide bonds. The summed E-state index contributed by atoms with van der Waals surface area (Å²) in [5.74, 6) is -5.08. The highest BCUT2D eigenvalue weighted by Crippen LogP contribution is 2.43. The Morgan fingerprint density at radius 2 is 1.61 bits per heavy atom. The summed E-state index contributed by atoms with van der Waals surface area (Å²) in [5, 5.41) is 29.7. The number of amides is 5. The molecule has 2 aliphatic heterocycles. The van der Waals surface area contributed by atoms with Crippen LogP contribution >= 0.6 is 0 Å². The van der Waals surface area contributed by atoms with E-state index in [-0.39, 0.29) is 49.5 Å². The maximum absolute atomic E-state index is 13.9. The molecule has 0 radical (unpaired) electrons. The van der Waals surface area contributed by atoms with Crippen LogP contribution in [0.1, 0.15) is 66.6 Å². The van der Waals surface area contributed by atoms with Crippen molar-refractivity contribution in [1.29, 1.82) is 0 Å². The van der Waals surface area contributed by atoms with Crippen LogP contribution in [0, 0.1) is 20.8 Å². The van der Waals surface area contributed by atoms with E-state index < -0.39 is 88.2 Å². The van der Waals surface area contributed by atoms with Gasteiger partial charge in [-0.3, -0.25) is 33.8 Å². The third kappa shape index (κ3) is 12.0. The lowest BCUT2D eigenvalue weighted by Crippen LogP contribution is -2.56. The molecule has 1 aromatic heterocycles. The van der Waals surface area contributed by atoms with Gasteiger partial charge in [-0.1, -0.05) is 35.5 Å². The number of carbonyl (C=O) groups excluding carboxylic acids is 5. The van der Waals surface area contributed by atoms with Crippen LogP contribution in [0.25, 0.3) is 0 Å². The summed E-state index contributed by atoms with van der Waals surface area (Å²) in [4.78, 5) is 82.3. The Labute approximate surface area is 352 Å². The summed E-state index contributed by atoms with van der Waals surface area (Å²) in [7, 11) is -4.20. The number of rotatable bonds is 10. The Morgan fingerprint density at radius 3 is 2.31 bits per heavy atom. The molecule has 0 unspecified atom stereocenters. The topological polar surface area (TPSA) is 307 Å². The molecule has 0 fully saturated rings. The molecule has 0 aliphatic carbocycles. The first-order chi connectivity index (χ1) is 28.7. The number of aromatic nitrogens is 3. The molecular formula is C39H51N11O10S. The van der Waals surface area contributed by atoms with Crippen molar-refractivity contribution in [1.82, 2.24) is 46.3 Å². The first kappa shape index (κ1) is 45.5. The van der Waals surface area contributed by atoms with Crippen LogP contribution in [0.2, 0.25) is 0 Å². The minimum atomic E-state index is -4.20. The van der Waals surface area contributed by atoms with E-state index in [2.05, 4.69) is 46.6 Å². The van der Waals surface area contributed by atoms with Gasteiger partial charge in [0.05, 0.1) is 30.6 Å². The van der Waals surface area contributed by atoms with Crippen molar-refractivity contribution in [3.63, 3.8) is 0 Å². The van der Waals surface area contributed by atoms with Crippen LogP contribution < -0.4 is 41.8 Å². The number of ether oxygens (including phenoxy) is 1. The summed E-state index contributed by atoms with van der Waals surface area (Å²) in [5.41, 5.74) is 9.00. The highest BCUT2D eigenvalue weighted by Gasteiger charge is 2.37. The molecule has 3 atom stereocenters. The van der Waals surface area contributed by atoms with Crippen molar-refractivity contribution < 1.29 is 47.0 Å². The molecule has 0 saturated carbocycles. The van der Waals surface area contributed by atoms with Gasteiger partial charge in [-0.15, -0.1) is 5.10 Å². The summed E-state index contributed by atoms with van der Waals surface area (Å²) in [6, 6.07) is 4.77. The third-order valence-electron chi connectivity index (χ3n) is 10.1. The summed E-state index contributed by atoms with van der Waals surface area (Å²) >= 11 is 0. The molecule has 2 aromatic carbocycles. The molecule has 5 rings (SSSR count). The first-order valence-corrected chi connectivity index (χ1v) is 20.9. The van der Waals surface area contributed by atoms with Gasteiger partial charge >= 0.3 is 5.97 Å². The fraction of sp³-hybridized carbons (Fsp3) is 0.462. The molecule has 21 nitrogen and oxygen atoms in total. The largest absolute Gasteiger partial charge is 0.487 e. The van der Waals surface area contributed by atoms with E-state index in [1.807, 2.05) is 13.8 Å². The zero-order chi connectivity index (χ0) is 44.6. The molecule has 2 aliphatic rings. The molecule has 9 N–H and O–H groups in total. The number of hydrogen-bond donors (Lipinski definition) is 8. The number of nitrogens with two attached hydrogens (primary N) is 1. The van der Waals surface area contributed by atoms with E-state index in [9.17, 15) is 42.3 Å². The van der Waals surface area contributed by atoms with E-state index >= 15 is 0 Å². The van der Waals surface area contributed by atoms with Crippen LogP contribution in [0.4, 0.5) is 0 Å². The van der Waals surface area contributed by atoms with E-state index in [4.69, 9.17) is 10.5 Å². The van der Waals surface area contributed by atoms with Crippen LogP contribution in [0.15, 0.2) is 46.4 Å². The number of carboxylic acid groups (broad SMARTS) is 1. The molecule has 3 aromatic rings. The zero-order valence-electron chi connectivity index (χ0n) is 34.5. The number of benzene rings is 2. The second-order valence-electron chi connectivity index (χ2n) is 15.5. The summed E-state index contributed by atoms with van der Waals surface area (Å²) in [6.07, 6.45) is 1.11. The van der Waals surface area contributed by atoms with Gasteiger partial charge in [-0.05, 0) is 69.7 Å². The summed E-state index contributed by atoms with van der Waals surface area (Å²) < 4.78 is 37.0. The standard InChI is InChI=1S/C39H51N11O10S/c1-21-22(2)34(23(3)26-16-39(4,5)60-33(21)26)61(58,59)48-38(40)41-13-9-12-27-35(55)43-18-30(51)44-29(15-32(53)54)36(56)42-17-25-19-50(49-47-25)20-31(52)45-28(37(57)46-27)14-24-10-7-6-8-11-24/h6-8,10-11,19,27-29H,9,12-18,20H2,1-5H3,(H,42,56)(H,43,55)(H,44,51)(H,45,52)(H,46,57)(H,53,54)(H3,40,41,48)/t27-,28-,29-/m0/s1. The van der Waals surface area contributed by atoms with E-state index in [1.54, 1.807) is 51.1 Å². The average Bonchev–Trinajstić information content (AvgIpc) is 3.77. The number of aliphatic imine (C=N–C) groups is 1. The van der Waals surface area contributed by atoms with Gasteiger partial charge in [0.2, 0.25) is 35.5 Å². The Kier molecular flexibility index (Phi) is 14.3. The number of nitrogens with zero attached hydrogens (tertiary/aromatic N) is 4. The number of fused-ring (bicyclic) bond motifs is 3. The lowest BCUT2D eigenvalue weighted by molar-refractivity contribution is -0.140. The quantitative estimate of drug-likeness (QED) is 0.0684. The maximum atomic E-state index is 13.9. The van der Waals surface area contributed by atoms with Gasteiger partial charge in [0.25, 0.3) is 10.0 Å². The van der Waals surface area contributed by atoms with Crippen molar-refractivity contribution in [2.75, 3.05) is 13.1 Å². The molecule has 61 heavy (non-hydrogen) atoms. The molecule has 22 heteroatoms. The van der Waals surface area contributed by atoms with Crippen LogP contribution in [0.5, 0.6) is 5.75 Å². The minimum absolute atomic E-state index is 0.0310. The number of aliphatic carboxylic acids is 1. The highest BCUT2D eigenvalue weighted by molar-refractivity contribution is 7.90. The first-order valence-electron chi connectivity index (χ1n) is 19.5. The van der Waals surface area contributed by atoms with Crippen molar-refractivity contribution >= 4 is 51.5 Å². The SMILES string of the molecule is Cc1c(C)c(S(=O)(=O)NC(N)=NCCC[C@@H]2NC(=O)[C@H](Cc3ccccc3)NC(=O)Cn3cc(nn3)CNC(=O)[C@H](CC(=O)O)NC(=O)CNC2=O)c(C)c2c1OC(C)(C)C2. The normalized spacial score (nSPS) is 20.3. The van der Waals surface area contributed by atoms with E-state index in [1.165, 1.54) is 10.9 Å². The monoisotopic (exact) mass is 865 g/mol.